The summed E-state index contributed by atoms with van der Waals surface area (Å²) in [5, 5.41) is 13.4. The van der Waals surface area contributed by atoms with Crippen LogP contribution in [0.4, 0.5) is 0 Å². The van der Waals surface area contributed by atoms with Crippen LogP contribution in [0, 0.1) is 6.92 Å². The van der Waals surface area contributed by atoms with Gasteiger partial charge in [0, 0.05) is 12.6 Å². The molecule has 6 nitrogen and oxygen atoms in total. The van der Waals surface area contributed by atoms with Gasteiger partial charge in [0.2, 0.25) is 10.0 Å². The van der Waals surface area contributed by atoms with Gasteiger partial charge in [-0.05, 0) is 26.2 Å². The Balaban J connectivity index is 1.90. The fourth-order valence-electron chi connectivity index (χ4n) is 1.74. The lowest BCUT2D eigenvalue weighted by Gasteiger charge is -2.36. The highest BCUT2D eigenvalue weighted by atomic mass is 32.2. The molecule has 1 aromatic heterocycles. The van der Waals surface area contributed by atoms with E-state index in [1.54, 1.807) is 13.0 Å². The van der Waals surface area contributed by atoms with E-state index in [0.29, 0.717) is 24.3 Å². The lowest BCUT2D eigenvalue weighted by Crippen LogP contribution is -2.47. The molecule has 0 spiro atoms. The van der Waals surface area contributed by atoms with Crippen LogP contribution in [-0.4, -0.2) is 30.8 Å². The Labute approximate surface area is 100 Å². The second-order valence-corrected chi connectivity index (χ2v) is 6.39. The number of hydrogen-bond donors (Lipinski definition) is 2. The molecule has 1 aliphatic rings. The number of rotatable bonds is 5. The van der Waals surface area contributed by atoms with Crippen molar-refractivity contribution in [3.8, 4) is 0 Å². The van der Waals surface area contributed by atoms with Crippen LogP contribution < -0.4 is 4.72 Å². The predicted octanol–water partition coefficient (Wildman–Crippen LogP) is 0.317. The van der Waals surface area contributed by atoms with E-state index in [0.717, 1.165) is 6.42 Å². The van der Waals surface area contributed by atoms with Crippen molar-refractivity contribution in [1.29, 1.82) is 0 Å². The number of hydrogen-bond acceptors (Lipinski definition) is 5. The van der Waals surface area contributed by atoms with Crippen LogP contribution >= 0.6 is 0 Å². The number of aromatic nitrogens is 1. The molecular formula is C10H16N2O4S. The van der Waals surface area contributed by atoms with Crippen molar-refractivity contribution in [2.75, 3.05) is 6.54 Å². The van der Waals surface area contributed by atoms with E-state index < -0.39 is 15.6 Å². The summed E-state index contributed by atoms with van der Waals surface area (Å²) in [7, 11) is -3.46. The first-order chi connectivity index (χ1) is 7.89. The summed E-state index contributed by atoms with van der Waals surface area (Å²) >= 11 is 0. The van der Waals surface area contributed by atoms with Crippen molar-refractivity contribution in [3.05, 3.63) is 17.5 Å². The highest BCUT2D eigenvalue weighted by Crippen LogP contribution is 2.30. The molecule has 0 atom stereocenters. The largest absolute Gasteiger partial charge is 0.389 e. The van der Waals surface area contributed by atoms with Crippen LogP contribution in [0.1, 0.15) is 30.7 Å². The molecule has 1 aliphatic carbocycles. The molecular weight excluding hydrogens is 244 g/mol. The van der Waals surface area contributed by atoms with E-state index in [1.165, 1.54) is 0 Å². The van der Waals surface area contributed by atoms with E-state index in [-0.39, 0.29) is 12.3 Å². The van der Waals surface area contributed by atoms with Gasteiger partial charge in [0.15, 0.2) is 0 Å². The standard InChI is InChI=1S/C10H16N2O4S/c1-8-5-9(12-16-8)6-17(14,15)11-7-10(13)3-2-4-10/h5,11,13H,2-4,6-7H2,1H3. The molecule has 2 rings (SSSR count). The van der Waals surface area contributed by atoms with E-state index >= 15 is 0 Å². The summed E-state index contributed by atoms with van der Waals surface area (Å²) in [5.74, 6) is 0.355. The van der Waals surface area contributed by atoms with Crippen molar-refractivity contribution < 1.29 is 18.0 Å². The monoisotopic (exact) mass is 260 g/mol. The maximum atomic E-state index is 11.7. The molecule has 0 radical (unpaired) electrons. The Morgan fingerprint density at radius 2 is 2.29 bits per heavy atom. The van der Waals surface area contributed by atoms with E-state index in [9.17, 15) is 13.5 Å². The van der Waals surface area contributed by atoms with Gasteiger partial charge in [-0.1, -0.05) is 5.16 Å². The fraction of sp³-hybridized carbons (Fsp3) is 0.700. The quantitative estimate of drug-likeness (QED) is 0.795. The van der Waals surface area contributed by atoms with Gasteiger partial charge in [-0.2, -0.15) is 0 Å². The maximum Gasteiger partial charge on any atom is 0.217 e. The molecule has 2 N–H and O–H groups in total. The second-order valence-electron chi connectivity index (χ2n) is 4.59. The minimum atomic E-state index is -3.46. The Bertz CT molecular complexity index is 490. The fourth-order valence-corrected chi connectivity index (χ4v) is 2.85. The molecule has 96 valence electrons. The van der Waals surface area contributed by atoms with E-state index in [1.807, 2.05) is 0 Å². The third kappa shape index (κ3) is 3.27. The first kappa shape index (κ1) is 12.5. The minimum absolute atomic E-state index is 0.0756. The topological polar surface area (TPSA) is 92.4 Å². The Morgan fingerprint density at radius 1 is 1.59 bits per heavy atom. The van der Waals surface area contributed by atoms with Crippen LogP contribution in [0.25, 0.3) is 0 Å². The van der Waals surface area contributed by atoms with Gasteiger partial charge in [0.05, 0.1) is 5.60 Å². The normalized spacial score (nSPS) is 18.9. The van der Waals surface area contributed by atoms with Crippen molar-refractivity contribution in [1.82, 2.24) is 9.88 Å². The molecule has 17 heavy (non-hydrogen) atoms. The molecule has 0 aliphatic heterocycles. The molecule has 7 heteroatoms. The van der Waals surface area contributed by atoms with Crippen molar-refractivity contribution in [2.45, 2.75) is 37.5 Å². The van der Waals surface area contributed by atoms with Gasteiger partial charge < -0.3 is 9.63 Å². The van der Waals surface area contributed by atoms with Crippen LogP contribution in [0.5, 0.6) is 0 Å². The molecule has 1 saturated carbocycles. The molecule has 1 aromatic rings. The third-order valence-corrected chi connectivity index (χ3v) is 4.18. The van der Waals surface area contributed by atoms with Crippen molar-refractivity contribution in [3.63, 3.8) is 0 Å². The summed E-state index contributed by atoms with van der Waals surface area (Å²) < 4.78 is 30.6. The smallest absolute Gasteiger partial charge is 0.217 e. The minimum Gasteiger partial charge on any atom is -0.389 e. The van der Waals surface area contributed by atoms with Gasteiger partial charge >= 0.3 is 0 Å². The summed E-state index contributed by atoms with van der Waals surface area (Å²) in [6.07, 6.45) is 2.25. The summed E-state index contributed by atoms with van der Waals surface area (Å²) in [6.45, 7) is 1.78. The van der Waals surface area contributed by atoms with Gasteiger partial charge in [-0.3, -0.25) is 0 Å². The van der Waals surface area contributed by atoms with E-state index in [4.69, 9.17) is 4.52 Å². The number of aliphatic hydroxyl groups is 1. The highest BCUT2D eigenvalue weighted by Gasteiger charge is 2.35. The predicted molar refractivity (Wildman–Crippen MR) is 60.7 cm³/mol. The zero-order valence-corrected chi connectivity index (χ0v) is 10.5. The van der Waals surface area contributed by atoms with Crippen molar-refractivity contribution in [2.24, 2.45) is 0 Å². The van der Waals surface area contributed by atoms with Gasteiger partial charge in [0.1, 0.15) is 17.2 Å². The van der Waals surface area contributed by atoms with Crippen LogP contribution in [0.2, 0.25) is 0 Å². The maximum absolute atomic E-state index is 11.7. The number of aryl methyl sites for hydroxylation is 1. The van der Waals surface area contributed by atoms with Crippen LogP contribution in [0.3, 0.4) is 0 Å². The summed E-state index contributed by atoms with van der Waals surface area (Å²) in [5.41, 5.74) is -0.483. The summed E-state index contributed by atoms with van der Waals surface area (Å²) in [6, 6.07) is 1.58. The van der Waals surface area contributed by atoms with Gasteiger partial charge in [-0.15, -0.1) is 0 Å². The number of nitrogens with zero attached hydrogens (tertiary/aromatic N) is 1. The molecule has 1 fully saturated rings. The van der Waals surface area contributed by atoms with E-state index in [2.05, 4.69) is 9.88 Å². The Hall–Kier alpha value is -0.920. The SMILES string of the molecule is Cc1cc(CS(=O)(=O)NCC2(O)CCC2)no1. The van der Waals surface area contributed by atoms with Gasteiger partial charge in [0.25, 0.3) is 0 Å². The zero-order chi connectivity index (χ0) is 12.5. The third-order valence-electron chi connectivity index (χ3n) is 2.92. The average molecular weight is 260 g/mol. The number of sulfonamides is 1. The highest BCUT2D eigenvalue weighted by molar-refractivity contribution is 7.88. The number of nitrogens with one attached hydrogen (secondary N) is 1. The first-order valence-corrected chi connectivity index (χ1v) is 7.16. The van der Waals surface area contributed by atoms with Gasteiger partial charge in [-0.25, -0.2) is 13.1 Å². The molecule has 1 heterocycles. The zero-order valence-electron chi connectivity index (χ0n) is 9.64. The van der Waals surface area contributed by atoms with Crippen LogP contribution in [-0.2, 0) is 15.8 Å². The molecule has 0 saturated heterocycles. The summed E-state index contributed by atoms with van der Waals surface area (Å²) in [4.78, 5) is 0. The lowest BCUT2D eigenvalue weighted by molar-refractivity contribution is -0.0271. The first-order valence-electron chi connectivity index (χ1n) is 5.51. The Kier molecular flexibility index (Phi) is 3.24. The molecule has 0 aromatic carbocycles. The lowest BCUT2D eigenvalue weighted by atomic mass is 9.81. The average Bonchev–Trinajstić information content (AvgIpc) is 2.57. The van der Waals surface area contributed by atoms with Crippen molar-refractivity contribution >= 4 is 10.0 Å². The molecule has 0 unspecified atom stereocenters. The molecule has 0 amide bonds. The van der Waals surface area contributed by atoms with Crippen LogP contribution in [0.15, 0.2) is 10.6 Å². The Morgan fingerprint density at radius 3 is 2.76 bits per heavy atom. The molecule has 0 bridgehead atoms. The second kappa shape index (κ2) is 4.40.